The number of oxazole rings is 1. The molecule has 32 heavy (non-hydrogen) atoms. The van der Waals surface area contributed by atoms with Gasteiger partial charge in [-0.1, -0.05) is 36.3 Å². The molecule has 4 rings (SSSR count). The van der Waals surface area contributed by atoms with Gasteiger partial charge in [0.1, 0.15) is 11.8 Å². The number of nitrogens with one attached hydrogen (secondary N) is 1. The fourth-order valence-electron chi connectivity index (χ4n) is 4.24. The summed E-state index contributed by atoms with van der Waals surface area (Å²) in [5.41, 5.74) is 2.64. The maximum Gasteiger partial charge on any atom is 0.243 e. The van der Waals surface area contributed by atoms with Crippen molar-refractivity contribution < 1.29 is 18.5 Å². The van der Waals surface area contributed by atoms with Gasteiger partial charge in [0, 0.05) is 18.2 Å². The average molecular weight is 437 g/mol. The molecular formula is C24H28N4O4. The standard InChI is InChI=1S/C24H28N4O4/c1-4-19(21-12-15(2)27-32-21)24(30)28-11-5-6-20(28)23(29)26-16(3)17-7-9-18(10-8-17)22-13-25-14-31-22/h7-10,12-14,16,19-20H,4-6,11H2,1-3H3,(H,26,29)/t16?,19-,20?/m1/s1. The first-order chi connectivity index (χ1) is 15.5. The summed E-state index contributed by atoms with van der Waals surface area (Å²) in [5, 5.41) is 6.98. The van der Waals surface area contributed by atoms with E-state index in [1.54, 1.807) is 17.2 Å². The molecule has 0 saturated carbocycles. The van der Waals surface area contributed by atoms with E-state index in [0.717, 1.165) is 23.2 Å². The van der Waals surface area contributed by atoms with Gasteiger partial charge in [0.2, 0.25) is 11.8 Å². The van der Waals surface area contributed by atoms with E-state index in [2.05, 4.69) is 15.5 Å². The number of carbonyl (C=O) groups is 2. The van der Waals surface area contributed by atoms with Crippen molar-refractivity contribution in [2.24, 2.45) is 0 Å². The summed E-state index contributed by atoms with van der Waals surface area (Å²) in [6, 6.07) is 8.92. The summed E-state index contributed by atoms with van der Waals surface area (Å²) in [6.07, 6.45) is 5.10. The summed E-state index contributed by atoms with van der Waals surface area (Å²) in [5.74, 6) is 0.615. The lowest BCUT2D eigenvalue weighted by atomic mass is 10.0. The van der Waals surface area contributed by atoms with Crippen LogP contribution < -0.4 is 5.32 Å². The van der Waals surface area contributed by atoms with Crippen LogP contribution in [0.4, 0.5) is 0 Å². The molecule has 1 fully saturated rings. The Bertz CT molecular complexity index is 1060. The van der Waals surface area contributed by atoms with Gasteiger partial charge in [0.25, 0.3) is 0 Å². The molecule has 1 N–H and O–H groups in total. The number of nitrogens with zero attached hydrogens (tertiary/aromatic N) is 3. The summed E-state index contributed by atoms with van der Waals surface area (Å²) in [7, 11) is 0. The molecule has 2 amide bonds. The number of carbonyl (C=O) groups excluding carboxylic acids is 2. The van der Waals surface area contributed by atoms with Crippen molar-refractivity contribution >= 4 is 11.8 Å². The minimum absolute atomic E-state index is 0.0784. The van der Waals surface area contributed by atoms with Crippen molar-refractivity contribution in [3.8, 4) is 11.3 Å². The normalized spacial score (nSPS) is 17.8. The Hall–Kier alpha value is -3.42. The number of hydrogen-bond donors (Lipinski definition) is 1. The smallest absolute Gasteiger partial charge is 0.243 e. The van der Waals surface area contributed by atoms with Crippen LogP contribution in [-0.4, -0.2) is 39.4 Å². The third-order valence-electron chi connectivity index (χ3n) is 6.02. The highest BCUT2D eigenvalue weighted by Crippen LogP contribution is 2.28. The first kappa shape index (κ1) is 21.8. The second-order valence-corrected chi connectivity index (χ2v) is 8.24. The monoisotopic (exact) mass is 436 g/mol. The molecule has 0 bridgehead atoms. The Morgan fingerprint density at radius 3 is 2.69 bits per heavy atom. The molecule has 8 nitrogen and oxygen atoms in total. The van der Waals surface area contributed by atoms with Crippen LogP contribution in [0, 0.1) is 6.92 Å². The number of rotatable bonds is 7. The Kier molecular flexibility index (Phi) is 6.39. The lowest BCUT2D eigenvalue weighted by Gasteiger charge is -2.28. The molecule has 1 aliphatic heterocycles. The molecule has 1 saturated heterocycles. The van der Waals surface area contributed by atoms with Gasteiger partial charge < -0.3 is 19.2 Å². The Morgan fingerprint density at radius 2 is 2.06 bits per heavy atom. The number of amides is 2. The van der Waals surface area contributed by atoms with Crippen molar-refractivity contribution in [3.05, 3.63) is 59.9 Å². The minimum atomic E-state index is -0.475. The zero-order chi connectivity index (χ0) is 22.7. The third-order valence-corrected chi connectivity index (χ3v) is 6.02. The van der Waals surface area contributed by atoms with Gasteiger partial charge >= 0.3 is 0 Å². The zero-order valence-electron chi connectivity index (χ0n) is 18.6. The van der Waals surface area contributed by atoms with Crippen LogP contribution in [0.5, 0.6) is 0 Å². The largest absolute Gasteiger partial charge is 0.444 e. The van der Waals surface area contributed by atoms with E-state index in [4.69, 9.17) is 8.94 Å². The molecule has 8 heteroatoms. The number of aromatic nitrogens is 2. The van der Waals surface area contributed by atoms with Crippen LogP contribution in [0.2, 0.25) is 0 Å². The molecule has 168 valence electrons. The lowest BCUT2D eigenvalue weighted by Crippen LogP contribution is -2.47. The van der Waals surface area contributed by atoms with Gasteiger partial charge in [-0.3, -0.25) is 9.59 Å². The molecule has 1 aromatic carbocycles. The molecular weight excluding hydrogens is 408 g/mol. The van der Waals surface area contributed by atoms with E-state index >= 15 is 0 Å². The Morgan fingerprint density at radius 1 is 1.28 bits per heavy atom. The van der Waals surface area contributed by atoms with Gasteiger partial charge in [0.15, 0.2) is 12.2 Å². The van der Waals surface area contributed by atoms with E-state index in [0.29, 0.717) is 30.9 Å². The molecule has 3 atom stereocenters. The van der Waals surface area contributed by atoms with Gasteiger partial charge in [-0.05, 0) is 38.7 Å². The van der Waals surface area contributed by atoms with Crippen molar-refractivity contribution in [2.45, 2.75) is 58.0 Å². The van der Waals surface area contributed by atoms with E-state index in [9.17, 15) is 9.59 Å². The van der Waals surface area contributed by atoms with Crippen LogP contribution >= 0.6 is 0 Å². The van der Waals surface area contributed by atoms with Crippen LogP contribution in [0.3, 0.4) is 0 Å². The highest BCUT2D eigenvalue weighted by molar-refractivity contribution is 5.91. The van der Waals surface area contributed by atoms with Crippen LogP contribution in [-0.2, 0) is 9.59 Å². The van der Waals surface area contributed by atoms with E-state index in [1.807, 2.05) is 45.0 Å². The van der Waals surface area contributed by atoms with Crippen LogP contribution in [0.15, 0.2) is 51.9 Å². The lowest BCUT2D eigenvalue weighted by molar-refractivity contribution is -0.140. The number of hydrogen-bond acceptors (Lipinski definition) is 6. The van der Waals surface area contributed by atoms with Crippen molar-refractivity contribution in [1.29, 1.82) is 0 Å². The van der Waals surface area contributed by atoms with Crippen LogP contribution in [0.25, 0.3) is 11.3 Å². The summed E-state index contributed by atoms with van der Waals surface area (Å²) >= 11 is 0. The van der Waals surface area contributed by atoms with Crippen molar-refractivity contribution in [1.82, 2.24) is 20.4 Å². The molecule has 2 aromatic heterocycles. The topological polar surface area (TPSA) is 101 Å². The highest BCUT2D eigenvalue weighted by atomic mass is 16.5. The van der Waals surface area contributed by atoms with Gasteiger partial charge in [-0.25, -0.2) is 4.98 Å². The SMILES string of the molecule is CC[C@@H](C(=O)N1CCCC1C(=O)NC(C)c1ccc(-c2cnco2)cc1)c1cc(C)no1. The second kappa shape index (κ2) is 9.38. The second-order valence-electron chi connectivity index (χ2n) is 8.24. The average Bonchev–Trinajstić information content (AvgIpc) is 3.56. The van der Waals surface area contributed by atoms with Gasteiger partial charge in [0.05, 0.1) is 23.9 Å². The Balaban J connectivity index is 1.42. The summed E-state index contributed by atoms with van der Waals surface area (Å²) in [4.78, 5) is 32.0. The number of aryl methyl sites for hydroxylation is 1. The van der Waals surface area contributed by atoms with E-state index < -0.39 is 12.0 Å². The van der Waals surface area contributed by atoms with Crippen molar-refractivity contribution in [3.63, 3.8) is 0 Å². The van der Waals surface area contributed by atoms with E-state index in [-0.39, 0.29) is 17.9 Å². The van der Waals surface area contributed by atoms with Crippen molar-refractivity contribution in [2.75, 3.05) is 6.54 Å². The fraction of sp³-hybridized carbons (Fsp3) is 0.417. The molecule has 0 aliphatic carbocycles. The number of benzene rings is 1. The first-order valence-corrected chi connectivity index (χ1v) is 11.0. The van der Waals surface area contributed by atoms with Crippen LogP contribution in [0.1, 0.15) is 62.1 Å². The fourth-order valence-corrected chi connectivity index (χ4v) is 4.24. The van der Waals surface area contributed by atoms with E-state index in [1.165, 1.54) is 6.39 Å². The minimum Gasteiger partial charge on any atom is -0.444 e. The number of likely N-dealkylation sites (tertiary alicyclic amines) is 1. The zero-order valence-corrected chi connectivity index (χ0v) is 18.6. The quantitative estimate of drug-likeness (QED) is 0.601. The third kappa shape index (κ3) is 4.44. The summed E-state index contributed by atoms with van der Waals surface area (Å²) < 4.78 is 10.7. The highest BCUT2D eigenvalue weighted by Gasteiger charge is 2.38. The first-order valence-electron chi connectivity index (χ1n) is 11.0. The van der Waals surface area contributed by atoms with Gasteiger partial charge in [-0.2, -0.15) is 0 Å². The molecule has 0 spiro atoms. The predicted molar refractivity (Wildman–Crippen MR) is 118 cm³/mol. The maximum atomic E-state index is 13.3. The Labute approximate surface area is 187 Å². The van der Waals surface area contributed by atoms with Gasteiger partial charge in [-0.15, -0.1) is 0 Å². The maximum absolute atomic E-state index is 13.3. The molecule has 1 aliphatic rings. The predicted octanol–water partition coefficient (Wildman–Crippen LogP) is 4.00. The molecule has 2 unspecified atom stereocenters. The molecule has 0 radical (unpaired) electrons. The molecule has 3 aromatic rings. The molecule has 3 heterocycles. The summed E-state index contributed by atoms with van der Waals surface area (Å²) in [6.45, 7) is 6.28.